The van der Waals surface area contributed by atoms with Crippen molar-refractivity contribution in [1.29, 1.82) is 0 Å². The highest BCUT2D eigenvalue weighted by Crippen LogP contribution is 2.14. The lowest BCUT2D eigenvalue weighted by Gasteiger charge is -2.05. The second-order valence-corrected chi connectivity index (χ2v) is 7.15. The molecule has 4 rings (SSSR count). The Bertz CT molecular complexity index is 1030. The van der Waals surface area contributed by atoms with Crippen molar-refractivity contribution in [2.75, 3.05) is 6.54 Å². The zero-order valence-electron chi connectivity index (χ0n) is 14.1. The molecule has 0 aliphatic heterocycles. The van der Waals surface area contributed by atoms with Gasteiger partial charge in [-0.05, 0) is 25.5 Å². The topological polar surface area (TPSA) is 76.6 Å². The van der Waals surface area contributed by atoms with Gasteiger partial charge in [-0.3, -0.25) is 4.79 Å². The van der Waals surface area contributed by atoms with Gasteiger partial charge in [0.2, 0.25) is 10.9 Å². The second-order valence-electron chi connectivity index (χ2n) is 5.99. The molecule has 1 N–H and O–H groups in total. The van der Waals surface area contributed by atoms with Crippen molar-refractivity contribution in [2.45, 2.75) is 26.7 Å². The van der Waals surface area contributed by atoms with E-state index in [0.717, 1.165) is 32.6 Å². The largest absolute Gasteiger partial charge is 0.355 e. The first kappa shape index (κ1) is 15.8. The van der Waals surface area contributed by atoms with E-state index in [4.69, 9.17) is 0 Å². The number of fused-ring (bicyclic) bond motifs is 2. The van der Waals surface area contributed by atoms with Crippen LogP contribution in [0.25, 0.3) is 10.6 Å². The number of amides is 1. The molecule has 7 nitrogen and oxygen atoms in total. The Hall–Kier alpha value is -2.74. The number of nitrogens with zero attached hydrogens (tertiary/aromatic N) is 5. The molecule has 4 aromatic heterocycles. The van der Waals surface area contributed by atoms with Crippen LogP contribution in [0.4, 0.5) is 0 Å². The molecule has 0 fully saturated rings. The maximum Gasteiger partial charge on any atom is 0.226 e. The highest BCUT2D eigenvalue weighted by Gasteiger charge is 2.10. The van der Waals surface area contributed by atoms with Gasteiger partial charge in [0.15, 0.2) is 0 Å². The number of imidazole rings is 2. The summed E-state index contributed by atoms with van der Waals surface area (Å²) in [5.41, 5.74) is 3.81. The fourth-order valence-electron chi connectivity index (χ4n) is 2.86. The lowest BCUT2D eigenvalue weighted by Crippen LogP contribution is -2.27. The minimum atomic E-state index is -0.0155. The number of pyridine rings is 1. The van der Waals surface area contributed by atoms with Crippen molar-refractivity contribution in [2.24, 2.45) is 0 Å². The third kappa shape index (κ3) is 3.12. The van der Waals surface area contributed by atoms with Crippen molar-refractivity contribution in [3.8, 4) is 0 Å². The van der Waals surface area contributed by atoms with Crippen molar-refractivity contribution in [3.63, 3.8) is 0 Å². The van der Waals surface area contributed by atoms with Gasteiger partial charge in [0.05, 0.1) is 24.0 Å². The van der Waals surface area contributed by atoms with Gasteiger partial charge in [-0.2, -0.15) is 5.10 Å². The van der Waals surface area contributed by atoms with Crippen LogP contribution in [0.3, 0.4) is 0 Å². The van der Waals surface area contributed by atoms with Gasteiger partial charge in [0, 0.05) is 25.4 Å². The third-order valence-corrected chi connectivity index (χ3v) is 4.88. The van der Waals surface area contributed by atoms with Gasteiger partial charge >= 0.3 is 0 Å². The Morgan fingerprint density at radius 2 is 2.24 bits per heavy atom. The summed E-state index contributed by atoms with van der Waals surface area (Å²) < 4.78 is 3.75. The van der Waals surface area contributed by atoms with Gasteiger partial charge in [-0.1, -0.05) is 17.4 Å². The van der Waals surface area contributed by atoms with E-state index in [1.165, 1.54) is 0 Å². The summed E-state index contributed by atoms with van der Waals surface area (Å²) in [6, 6.07) is 3.98. The van der Waals surface area contributed by atoms with Crippen LogP contribution >= 0.6 is 11.3 Å². The van der Waals surface area contributed by atoms with E-state index in [2.05, 4.69) is 20.4 Å². The molecule has 1 amide bonds. The quantitative estimate of drug-likeness (QED) is 0.594. The standard InChI is InChI=1S/C17H18N6OS/c1-11-4-3-7-22-14(9-19-16(11)22)8-15(24)18-6-5-13-10-23-17(20-13)25-12(2)21-23/h3-4,7,9-10H,5-6,8H2,1-2H3,(H,18,24). The average molecular weight is 354 g/mol. The maximum absolute atomic E-state index is 12.2. The number of hydrogen-bond donors (Lipinski definition) is 1. The molecule has 128 valence electrons. The van der Waals surface area contributed by atoms with E-state index in [1.807, 2.05) is 42.8 Å². The normalized spacial score (nSPS) is 11.4. The van der Waals surface area contributed by atoms with Crippen molar-refractivity contribution >= 4 is 27.9 Å². The summed E-state index contributed by atoms with van der Waals surface area (Å²) in [6.07, 6.45) is 6.61. The minimum Gasteiger partial charge on any atom is -0.355 e. The van der Waals surface area contributed by atoms with Crippen LogP contribution in [-0.4, -0.2) is 36.4 Å². The van der Waals surface area contributed by atoms with E-state index >= 15 is 0 Å². The number of carbonyl (C=O) groups excluding carboxylic acids is 1. The summed E-state index contributed by atoms with van der Waals surface area (Å²) in [5, 5.41) is 8.28. The highest BCUT2D eigenvalue weighted by atomic mass is 32.1. The average Bonchev–Trinajstić information content (AvgIpc) is 3.21. The summed E-state index contributed by atoms with van der Waals surface area (Å²) in [7, 11) is 0. The SMILES string of the molecule is Cc1nn2cc(CCNC(=O)Cc3cnc4c(C)cccn34)nc2s1. The molecule has 0 spiro atoms. The molecule has 0 aliphatic rings. The first-order chi connectivity index (χ1) is 12.1. The first-order valence-electron chi connectivity index (χ1n) is 8.10. The van der Waals surface area contributed by atoms with Crippen LogP contribution in [0.5, 0.6) is 0 Å². The van der Waals surface area contributed by atoms with Gasteiger partial charge in [-0.25, -0.2) is 14.5 Å². The molecule has 0 saturated heterocycles. The first-order valence-corrected chi connectivity index (χ1v) is 8.92. The smallest absolute Gasteiger partial charge is 0.226 e. The molecule has 0 aromatic carbocycles. The number of hydrogen-bond acceptors (Lipinski definition) is 5. The Morgan fingerprint density at radius 1 is 1.36 bits per heavy atom. The number of rotatable bonds is 5. The Morgan fingerprint density at radius 3 is 3.08 bits per heavy atom. The summed E-state index contributed by atoms with van der Waals surface area (Å²) in [6.45, 7) is 4.53. The minimum absolute atomic E-state index is 0.0155. The Kier molecular flexibility index (Phi) is 3.96. The van der Waals surface area contributed by atoms with Gasteiger partial charge < -0.3 is 9.72 Å². The van der Waals surface area contributed by atoms with Crippen LogP contribution in [-0.2, 0) is 17.6 Å². The zero-order chi connectivity index (χ0) is 17.4. The molecule has 4 heterocycles. The van der Waals surface area contributed by atoms with Gasteiger partial charge in [0.1, 0.15) is 10.7 Å². The molecule has 0 atom stereocenters. The summed E-state index contributed by atoms with van der Waals surface area (Å²) >= 11 is 1.56. The van der Waals surface area contributed by atoms with Gasteiger partial charge in [0.25, 0.3) is 0 Å². The fourth-order valence-corrected chi connectivity index (χ4v) is 3.60. The molecule has 0 bridgehead atoms. The monoisotopic (exact) mass is 354 g/mol. The molecule has 4 aromatic rings. The van der Waals surface area contributed by atoms with E-state index < -0.39 is 0 Å². The van der Waals surface area contributed by atoms with Crippen molar-refractivity contribution in [1.82, 2.24) is 29.3 Å². The third-order valence-electron chi connectivity index (χ3n) is 4.05. The second kappa shape index (κ2) is 6.29. The van der Waals surface area contributed by atoms with E-state index in [0.29, 0.717) is 19.4 Å². The molecule has 0 radical (unpaired) electrons. The van der Waals surface area contributed by atoms with Crippen LogP contribution < -0.4 is 5.32 Å². The van der Waals surface area contributed by atoms with Crippen LogP contribution in [0.1, 0.15) is 22.0 Å². The van der Waals surface area contributed by atoms with Crippen molar-refractivity contribution in [3.05, 3.63) is 52.7 Å². The number of aryl methyl sites for hydroxylation is 2. The number of nitrogens with one attached hydrogen (secondary N) is 1. The predicted molar refractivity (Wildman–Crippen MR) is 95.9 cm³/mol. The summed E-state index contributed by atoms with van der Waals surface area (Å²) in [4.78, 5) is 22.0. The van der Waals surface area contributed by atoms with Gasteiger partial charge in [-0.15, -0.1) is 0 Å². The number of carbonyl (C=O) groups is 1. The Labute approximate surface area is 148 Å². The molecular formula is C17H18N6OS. The lowest BCUT2D eigenvalue weighted by atomic mass is 10.2. The molecule has 0 aliphatic carbocycles. The Balaban J connectivity index is 1.35. The van der Waals surface area contributed by atoms with Crippen LogP contribution in [0, 0.1) is 13.8 Å². The van der Waals surface area contributed by atoms with Crippen LogP contribution in [0.15, 0.2) is 30.7 Å². The fraction of sp³-hybridized carbons (Fsp3) is 0.294. The van der Waals surface area contributed by atoms with Crippen molar-refractivity contribution < 1.29 is 4.79 Å². The molecule has 25 heavy (non-hydrogen) atoms. The highest BCUT2D eigenvalue weighted by molar-refractivity contribution is 7.16. The lowest BCUT2D eigenvalue weighted by molar-refractivity contribution is -0.120. The summed E-state index contributed by atoms with van der Waals surface area (Å²) in [5.74, 6) is -0.0155. The van der Waals surface area contributed by atoms with E-state index in [1.54, 1.807) is 22.0 Å². The number of aromatic nitrogens is 5. The maximum atomic E-state index is 12.2. The molecule has 8 heteroatoms. The molecule has 0 saturated carbocycles. The van der Waals surface area contributed by atoms with Crippen LogP contribution in [0.2, 0.25) is 0 Å². The predicted octanol–water partition coefficient (Wildman–Crippen LogP) is 1.96. The molecular weight excluding hydrogens is 336 g/mol. The zero-order valence-corrected chi connectivity index (χ0v) is 14.9. The molecule has 0 unspecified atom stereocenters. The van der Waals surface area contributed by atoms with E-state index in [9.17, 15) is 4.79 Å². The van der Waals surface area contributed by atoms with E-state index in [-0.39, 0.29) is 5.91 Å².